The first-order valence-electron chi connectivity index (χ1n) is 4.27. The van der Waals surface area contributed by atoms with Gasteiger partial charge < -0.3 is 0 Å². The zero-order valence-electron chi connectivity index (χ0n) is 8.15. The molecule has 0 bridgehead atoms. The summed E-state index contributed by atoms with van der Waals surface area (Å²) in [5.41, 5.74) is -2.05. The highest BCUT2D eigenvalue weighted by Gasteiger charge is 2.35. The minimum absolute atomic E-state index is 0.0325. The molecule has 0 saturated carbocycles. The molecule has 1 rings (SSSR count). The molecule has 92 valence electrons. The second-order valence-corrected chi connectivity index (χ2v) is 4.49. The summed E-state index contributed by atoms with van der Waals surface area (Å²) < 4.78 is 38.1. The lowest BCUT2D eigenvalue weighted by atomic mass is 9.99. The molecule has 0 saturated heterocycles. The van der Waals surface area contributed by atoms with Gasteiger partial charge in [-0.15, -0.1) is 11.6 Å². The van der Waals surface area contributed by atoms with Gasteiger partial charge in [0.15, 0.2) is 12.1 Å². The van der Waals surface area contributed by atoms with Crippen molar-refractivity contribution in [2.75, 3.05) is 5.88 Å². The first-order chi connectivity index (χ1) is 7.82. The molecular weight excluding hydrogens is 371 g/mol. The number of alkyl halides is 4. The summed E-state index contributed by atoms with van der Waals surface area (Å²) in [5.74, 6) is -1.18. The van der Waals surface area contributed by atoms with Crippen LogP contribution in [0, 0.1) is 3.57 Å². The standard InChI is InChI=1S/C10H5ClF3IO2/c11-3-8(17)9-5(4-16)6(10(12,13)14)1-2-7(9)15/h1-2,4H,3H2. The van der Waals surface area contributed by atoms with E-state index in [0.717, 1.165) is 12.1 Å². The fourth-order valence-corrected chi connectivity index (χ4v) is 2.22. The van der Waals surface area contributed by atoms with Gasteiger partial charge in [0.1, 0.15) is 0 Å². The van der Waals surface area contributed by atoms with Crippen molar-refractivity contribution in [1.29, 1.82) is 0 Å². The van der Waals surface area contributed by atoms with Crippen LogP contribution in [0.5, 0.6) is 0 Å². The summed E-state index contributed by atoms with van der Waals surface area (Å²) in [6.07, 6.45) is -4.65. The molecule has 1 aromatic rings. The molecule has 0 aromatic heterocycles. The van der Waals surface area contributed by atoms with Gasteiger partial charge in [0.05, 0.1) is 11.4 Å². The third-order valence-corrected chi connectivity index (χ3v) is 3.16. The maximum Gasteiger partial charge on any atom is 0.417 e. The third kappa shape index (κ3) is 2.98. The molecule has 0 N–H and O–H groups in total. The zero-order chi connectivity index (χ0) is 13.2. The quantitative estimate of drug-likeness (QED) is 0.350. The van der Waals surface area contributed by atoms with E-state index in [1.807, 2.05) is 0 Å². The van der Waals surface area contributed by atoms with Crippen molar-refractivity contribution in [3.63, 3.8) is 0 Å². The molecule has 2 nitrogen and oxygen atoms in total. The number of hydrogen-bond donors (Lipinski definition) is 0. The Kier molecular flexibility index (Phi) is 4.54. The smallest absolute Gasteiger partial charge is 0.298 e. The Morgan fingerprint density at radius 3 is 2.41 bits per heavy atom. The van der Waals surface area contributed by atoms with Crippen LogP contribution in [0.4, 0.5) is 13.2 Å². The summed E-state index contributed by atoms with van der Waals surface area (Å²) in [4.78, 5) is 22.2. The number of carbonyl (C=O) groups is 2. The summed E-state index contributed by atoms with van der Waals surface area (Å²) in [7, 11) is 0. The number of ketones is 1. The number of Topliss-reactive ketones (excluding diaryl/α,β-unsaturated/α-hetero) is 1. The van der Waals surface area contributed by atoms with Gasteiger partial charge in [-0.2, -0.15) is 13.2 Å². The minimum Gasteiger partial charge on any atom is -0.298 e. The Labute approximate surface area is 113 Å². The molecule has 0 aliphatic carbocycles. The van der Waals surface area contributed by atoms with Crippen molar-refractivity contribution in [2.24, 2.45) is 0 Å². The van der Waals surface area contributed by atoms with Gasteiger partial charge in [0.2, 0.25) is 0 Å². The third-order valence-electron chi connectivity index (χ3n) is 2.02. The highest BCUT2D eigenvalue weighted by molar-refractivity contribution is 14.1. The van der Waals surface area contributed by atoms with Gasteiger partial charge in [0, 0.05) is 14.7 Å². The highest BCUT2D eigenvalue weighted by Crippen LogP contribution is 2.34. The number of carbonyl (C=O) groups excluding carboxylic acids is 2. The molecule has 0 unspecified atom stereocenters. The van der Waals surface area contributed by atoms with Crippen molar-refractivity contribution in [2.45, 2.75) is 6.18 Å². The SMILES string of the molecule is O=Cc1c(C(F)(F)F)ccc(I)c1C(=O)CCl. The largest absolute Gasteiger partial charge is 0.417 e. The summed E-state index contributed by atoms with van der Waals surface area (Å²) >= 11 is 6.99. The second kappa shape index (κ2) is 5.34. The van der Waals surface area contributed by atoms with Crippen LogP contribution in [0.3, 0.4) is 0 Å². The highest BCUT2D eigenvalue weighted by atomic mass is 127. The predicted octanol–water partition coefficient (Wildman–Crippen LogP) is 3.54. The number of hydrogen-bond acceptors (Lipinski definition) is 2. The average Bonchev–Trinajstić information content (AvgIpc) is 2.25. The monoisotopic (exact) mass is 376 g/mol. The van der Waals surface area contributed by atoms with E-state index >= 15 is 0 Å². The molecule has 17 heavy (non-hydrogen) atoms. The van der Waals surface area contributed by atoms with E-state index in [1.165, 1.54) is 0 Å². The topological polar surface area (TPSA) is 34.1 Å². The number of rotatable bonds is 3. The molecule has 0 amide bonds. The van der Waals surface area contributed by atoms with Crippen molar-refractivity contribution < 1.29 is 22.8 Å². The van der Waals surface area contributed by atoms with Gasteiger partial charge >= 0.3 is 6.18 Å². The molecule has 0 atom stereocenters. The van der Waals surface area contributed by atoms with E-state index in [0.29, 0.717) is 0 Å². The number of halogens is 5. The normalized spacial score (nSPS) is 11.4. The van der Waals surface area contributed by atoms with Crippen LogP contribution in [0.25, 0.3) is 0 Å². The molecule has 0 aliphatic rings. The van der Waals surface area contributed by atoms with Crippen molar-refractivity contribution in [3.05, 3.63) is 32.4 Å². The van der Waals surface area contributed by atoms with E-state index in [1.54, 1.807) is 22.6 Å². The van der Waals surface area contributed by atoms with Gasteiger partial charge in [-0.25, -0.2) is 0 Å². The van der Waals surface area contributed by atoms with Gasteiger partial charge in [0.25, 0.3) is 0 Å². The summed E-state index contributed by atoms with van der Waals surface area (Å²) in [6, 6.07) is 1.91. The zero-order valence-corrected chi connectivity index (χ0v) is 11.1. The molecular formula is C10H5ClF3IO2. The molecule has 0 heterocycles. The van der Waals surface area contributed by atoms with Crippen LogP contribution in [-0.4, -0.2) is 17.9 Å². The lowest BCUT2D eigenvalue weighted by molar-refractivity contribution is -0.137. The van der Waals surface area contributed by atoms with Crippen LogP contribution in [0.2, 0.25) is 0 Å². The van der Waals surface area contributed by atoms with Crippen molar-refractivity contribution in [3.8, 4) is 0 Å². The molecule has 7 heteroatoms. The first-order valence-corrected chi connectivity index (χ1v) is 5.88. The lowest BCUT2D eigenvalue weighted by Crippen LogP contribution is -2.15. The van der Waals surface area contributed by atoms with Gasteiger partial charge in [-0.05, 0) is 34.7 Å². The van der Waals surface area contributed by atoms with Crippen LogP contribution in [-0.2, 0) is 6.18 Å². The Morgan fingerprint density at radius 2 is 2.00 bits per heavy atom. The van der Waals surface area contributed by atoms with Gasteiger partial charge in [-0.3, -0.25) is 9.59 Å². The van der Waals surface area contributed by atoms with E-state index in [-0.39, 0.29) is 15.4 Å². The summed E-state index contributed by atoms with van der Waals surface area (Å²) in [6.45, 7) is 0. The van der Waals surface area contributed by atoms with Crippen molar-refractivity contribution in [1.82, 2.24) is 0 Å². The van der Waals surface area contributed by atoms with Crippen LogP contribution in [0.1, 0.15) is 26.3 Å². The fourth-order valence-electron chi connectivity index (χ4n) is 1.31. The maximum atomic E-state index is 12.6. The first kappa shape index (κ1) is 14.4. The predicted molar refractivity (Wildman–Crippen MR) is 64.6 cm³/mol. The molecule has 0 spiro atoms. The Balaban J connectivity index is 3.59. The molecule has 0 fully saturated rings. The van der Waals surface area contributed by atoms with E-state index in [4.69, 9.17) is 11.6 Å². The number of aldehydes is 1. The Bertz CT molecular complexity index is 471. The minimum atomic E-state index is -4.68. The number of benzene rings is 1. The Morgan fingerprint density at radius 1 is 1.41 bits per heavy atom. The summed E-state index contributed by atoms with van der Waals surface area (Å²) in [5, 5.41) is 0. The van der Waals surface area contributed by atoms with E-state index in [2.05, 4.69) is 0 Å². The van der Waals surface area contributed by atoms with E-state index < -0.39 is 29.0 Å². The van der Waals surface area contributed by atoms with Gasteiger partial charge in [-0.1, -0.05) is 0 Å². The van der Waals surface area contributed by atoms with Crippen LogP contribution in [0.15, 0.2) is 12.1 Å². The molecule has 1 aromatic carbocycles. The van der Waals surface area contributed by atoms with E-state index in [9.17, 15) is 22.8 Å². The van der Waals surface area contributed by atoms with Crippen molar-refractivity contribution >= 4 is 46.3 Å². The fraction of sp³-hybridized carbons (Fsp3) is 0.200. The molecule has 0 aliphatic heterocycles. The second-order valence-electron chi connectivity index (χ2n) is 3.06. The van der Waals surface area contributed by atoms with Crippen LogP contribution < -0.4 is 0 Å². The molecule has 0 radical (unpaired) electrons. The van der Waals surface area contributed by atoms with Crippen LogP contribution >= 0.6 is 34.2 Å². The lowest BCUT2D eigenvalue weighted by Gasteiger charge is -2.13. The maximum absolute atomic E-state index is 12.6. The average molecular weight is 376 g/mol. The Hall–Kier alpha value is -0.630.